The number of anilines is 1. The van der Waals surface area contributed by atoms with Crippen molar-refractivity contribution in [3.8, 4) is 0 Å². The summed E-state index contributed by atoms with van der Waals surface area (Å²) >= 11 is 0. The molecule has 7 nitrogen and oxygen atoms in total. The predicted octanol–water partition coefficient (Wildman–Crippen LogP) is 0.986. The topological polar surface area (TPSA) is 101 Å². The van der Waals surface area contributed by atoms with Crippen LogP contribution in [0.15, 0.2) is 29.4 Å². The Hall–Kier alpha value is -2.44. The van der Waals surface area contributed by atoms with E-state index in [1.54, 1.807) is 0 Å². The summed E-state index contributed by atoms with van der Waals surface area (Å²) in [5.41, 5.74) is 7.04. The van der Waals surface area contributed by atoms with Crippen molar-refractivity contribution in [2.45, 2.75) is 19.4 Å². The lowest BCUT2D eigenvalue weighted by atomic mass is 10.2. The number of hydrogen-bond acceptors (Lipinski definition) is 6. The third-order valence-electron chi connectivity index (χ3n) is 2.96. The summed E-state index contributed by atoms with van der Waals surface area (Å²) in [5, 5.41) is 19.7. The lowest BCUT2D eigenvalue weighted by molar-refractivity contribution is 0.316. The fourth-order valence-electron chi connectivity index (χ4n) is 1.70. The molecule has 1 atom stereocenters. The molecule has 0 aliphatic heterocycles. The van der Waals surface area contributed by atoms with Crippen LogP contribution >= 0.6 is 0 Å². The Balaban J connectivity index is 2.23. The number of fused-ring (bicyclic) bond motifs is 1. The van der Waals surface area contributed by atoms with E-state index in [1.807, 2.05) is 43.1 Å². The molecule has 3 N–H and O–H groups in total. The van der Waals surface area contributed by atoms with Crippen molar-refractivity contribution in [3.05, 3.63) is 24.3 Å². The largest absolute Gasteiger partial charge is 0.409 e. The van der Waals surface area contributed by atoms with Crippen LogP contribution in [0, 0.1) is 0 Å². The third-order valence-corrected chi connectivity index (χ3v) is 2.96. The van der Waals surface area contributed by atoms with E-state index < -0.39 is 0 Å². The monoisotopic (exact) mass is 260 g/mol. The molecule has 0 spiro atoms. The zero-order valence-electron chi connectivity index (χ0n) is 10.9. The van der Waals surface area contributed by atoms with Gasteiger partial charge in [0.2, 0.25) is 5.95 Å². The second-order valence-corrected chi connectivity index (χ2v) is 4.36. The Labute approximate surface area is 110 Å². The van der Waals surface area contributed by atoms with E-state index >= 15 is 0 Å². The molecule has 1 aromatic carbocycles. The van der Waals surface area contributed by atoms with Crippen LogP contribution in [0.25, 0.3) is 11.0 Å². The summed E-state index contributed by atoms with van der Waals surface area (Å²) in [7, 11) is 1.85. The Bertz CT molecular complexity index is 600. The summed E-state index contributed by atoms with van der Waals surface area (Å²) in [4.78, 5) is 6.28. The molecule has 19 heavy (non-hydrogen) atoms. The van der Waals surface area contributed by atoms with E-state index in [0.717, 1.165) is 11.0 Å². The van der Waals surface area contributed by atoms with Crippen LogP contribution in [-0.4, -0.2) is 39.3 Å². The van der Waals surface area contributed by atoms with Crippen LogP contribution in [0.3, 0.4) is 0 Å². The molecular weight excluding hydrogens is 244 g/mol. The SMILES string of the molecule is CC(C/C(N)=N/O)N(C)c1nnc2ccccc2n1. The van der Waals surface area contributed by atoms with Crippen molar-refractivity contribution in [1.82, 2.24) is 15.2 Å². The van der Waals surface area contributed by atoms with Crippen molar-refractivity contribution in [2.75, 3.05) is 11.9 Å². The van der Waals surface area contributed by atoms with Gasteiger partial charge in [-0.3, -0.25) is 0 Å². The number of rotatable bonds is 4. The average Bonchev–Trinajstić information content (AvgIpc) is 2.45. The van der Waals surface area contributed by atoms with E-state index in [-0.39, 0.29) is 11.9 Å². The number of aromatic nitrogens is 3. The van der Waals surface area contributed by atoms with Crippen molar-refractivity contribution >= 4 is 22.8 Å². The lowest BCUT2D eigenvalue weighted by Crippen LogP contribution is -2.34. The van der Waals surface area contributed by atoms with E-state index in [4.69, 9.17) is 10.9 Å². The van der Waals surface area contributed by atoms with Crippen LogP contribution in [0.1, 0.15) is 13.3 Å². The fourth-order valence-corrected chi connectivity index (χ4v) is 1.70. The second-order valence-electron chi connectivity index (χ2n) is 4.36. The van der Waals surface area contributed by atoms with Gasteiger partial charge in [0.15, 0.2) is 0 Å². The molecule has 100 valence electrons. The number of hydrogen-bond donors (Lipinski definition) is 2. The fraction of sp³-hybridized carbons (Fsp3) is 0.333. The molecule has 0 radical (unpaired) electrons. The maximum atomic E-state index is 8.58. The molecule has 1 heterocycles. The van der Waals surface area contributed by atoms with Gasteiger partial charge in [0, 0.05) is 19.5 Å². The number of nitrogens with two attached hydrogens (primary N) is 1. The summed E-state index contributed by atoms with van der Waals surface area (Å²) in [6.07, 6.45) is 0.420. The van der Waals surface area contributed by atoms with Crippen LogP contribution in [0.4, 0.5) is 5.95 Å². The molecular formula is C12H16N6O. The Morgan fingerprint density at radius 2 is 2.05 bits per heavy atom. The van der Waals surface area contributed by atoms with Gasteiger partial charge in [0.05, 0.1) is 5.52 Å². The summed E-state index contributed by atoms with van der Waals surface area (Å²) in [6.45, 7) is 1.94. The van der Waals surface area contributed by atoms with E-state index in [2.05, 4.69) is 20.3 Å². The van der Waals surface area contributed by atoms with Crippen LogP contribution in [0.2, 0.25) is 0 Å². The van der Waals surface area contributed by atoms with Crippen LogP contribution in [0.5, 0.6) is 0 Å². The zero-order valence-corrected chi connectivity index (χ0v) is 10.9. The Morgan fingerprint density at radius 3 is 2.74 bits per heavy atom. The number of benzene rings is 1. The smallest absolute Gasteiger partial charge is 0.245 e. The van der Waals surface area contributed by atoms with Gasteiger partial charge in [0.25, 0.3) is 0 Å². The van der Waals surface area contributed by atoms with Gasteiger partial charge < -0.3 is 15.8 Å². The molecule has 0 fully saturated rings. The van der Waals surface area contributed by atoms with E-state index in [0.29, 0.717) is 12.4 Å². The minimum absolute atomic E-state index is 0.00105. The highest BCUT2D eigenvalue weighted by Crippen LogP contribution is 2.14. The summed E-state index contributed by atoms with van der Waals surface area (Å²) in [5.74, 6) is 0.685. The molecule has 0 saturated heterocycles. The average molecular weight is 260 g/mol. The first-order chi connectivity index (χ1) is 9.11. The normalized spacial score (nSPS) is 13.5. The van der Waals surface area contributed by atoms with Gasteiger partial charge in [-0.2, -0.15) is 0 Å². The van der Waals surface area contributed by atoms with Crippen molar-refractivity contribution in [2.24, 2.45) is 10.9 Å². The Kier molecular flexibility index (Phi) is 3.74. The molecule has 0 amide bonds. The van der Waals surface area contributed by atoms with Crippen LogP contribution in [-0.2, 0) is 0 Å². The van der Waals surface area contributed by atoms with Crippen molar-refractivity contribution in [1.29, 1.82) is 0 Å². The predicted molar refractivity (Wildman–Crippen MR) is 73.2 cm³/mol. The molecule has 0 saturated carbocycles. The van der Waals surface area contributed by atoms with Crippen molar-refractivity contribution < 1.29 is 5.21 Å². The van der Waals surface area contributed by atoms with Gasteiger partial charge in [-0.1, -0.05) is 17.3 Å². The molecule has 1 aromatic heterocycles. The quantitative estimate of drug-likeness (QED) is 0.368. The third kappa shape index (κ3) is 2.87. The van der Waals surface area contributed by atoms with Gasteiger partial charge >= 0.3 is 0 Å². The summed E-state index contributed by atoms with van der Waals surface area (Å²) < 4.78 is 0. The second kappa shape index (κ2) is 5.47. The van der Waals surface area contributed by atoms with Crippen molar-refractivity contribution in [3.63, 3.8) is 0 Å². The highest BCUT2D eigenvalue weighted by Gasteiger charge is 2.15. The standard InChI is InChI=1S/C12H16N6O/c1-8(7-11(13)17-19)18(2)12-14-9-5-3-4-6-10(9)15-16-12/h3-6,8,19H,7H2,1-2H3,(H2,13,17). The first kappa shape index (κ1) is 13.0. The minimum atomic E-state index is -0.00105. The maximum absolute atomic E-state index is 8.58. The first-order valence-corrected chi connectivity index (χ1v) is 5.90. The van der Waals surface area contributed by atoms with E-state index in [9.17, 15) is 0 Å². The number of nitrogens with zero attached hydrogens (tertiary/aromatic N) is 5. The number of amidine groups is 1. The molecule has 7 heteroatoms. The van der Waals surface area contributed by atoms with Gasteiger partial charge in [-0.05, 0) is 19.1 Å². The first-order valence-electron chi connectivity index (χ1n) is 5.90. The number of para-hydroxylation sites is 1. The Morgan fingerprint density at radius 1 is 1.37 bits per heavy atom. The van der Waals surface area contributed by atoms with Gasteiger partial charge in [-0.15, -0.1) is 10.2 Å². The van der Waals surface area contributed by atoms with Gasteiger partial charge in [-0.25, -0.2) is 4.98 Å². The molecule has 2 rings (SSSR count). The van der Waals surface area contributed by atoms with E-state index in [1.165, 1.54) is 0 Å². The summed E-state index contributed by atoms with van der Waals surface area (Å²) in [6, 6.07) is 7.54. The number of oxime groups is 1. The highest BCUT2D eigenvalue weighted by molar-refractivity contribution is 5.80. The van der Waals surface area contributed by atoms with Crippen LogP contribution < -0.4 is 10.6 Å². The molecule has 0 bridgehead atoms. The zero-order chi connectivity index (χ0) is 13.8. The molecule has 1 unspecified atom stereocenters. The lowest BCUT2D eigenvalue weighted by Gasteiger charge is -2.23. The maximum Gasteiger partial charge on any atom is 0.245 e. The molecule has 0 aliphatic carbocycles. The molecule has 2 aromatic rings. The van der Waals surface area contributed by atoms with Gasteiger partial charge in [0.1, 0.15) is 11.4 Å². The minimum Gasteiger partial charge on any atom is -0.409 e. The highest BCUT2D eigenvalue weighted by atomic mass is 16.4. The molecule has 0 aliphatic rings.